The minimum atomic E-state index is -0.492. The van der Waals surface area contributed by atoms with Crippen molar-refractivity contribution in [2.24, 2.45) is 0 Å². The van der Waals surface area contributed by atoms with Crippen LogP contribution in [0.25, 0.3) is 0 Å². The molecule has 0 radical (unpaired) electrons. The third-order valence-electron chi connectivity index (χ3n) is 3.06. The Morgan fingerprint density at radius 1 is 1.17 bits per heavy atom. The second-order valence-electron chi connectivity index (χ2n) is 5.16. The van der Waals surface area contributed by atoms with E-state index in [1.807, 2.05) is 26.8 Å². The molecule has 0 aliphatic carbocycles. The van der Waals surface area contributed by atoms with Gasteiger partial charge in [-0.15, -0.1) is 0 Å². The molecule has 1 aromatic carbocycles. The fraction of sp³-hybridized carbons (Fsp3) is 0.300. The number of aryl methyl sites for hydroxylation is 1. The Morgan fingerprint density at radius 2 is 1.71 bits per heavy atom. The summed E-state index contributed by atoms with van der Waals surface area (Å²) in [6.45, 7) is 10.7. The number of rotatable bonds is 5. The number of hydrogen-bond acceptors (Lipinski definition) is 0. The lowest BCUT2D eigenvalue weighted by Crippen LogP contribution is -1.88. The summed E-state index contributed by atoms with van der Waals surface area (Å²) in [5, 5.41) is 0. The molecule has 0 nitrogen and oxygen atoms in total. The van der Waals surface area contributed by atoms with E-state index in [9.17, 15) is 13.2 Å². The summed E-state index contributed by atoms with van der Waals surface area (Å²) in [6, 6.07) is 3.62. The van der Waals surface area contributed by atoms with E-state index in [4.69, 9.17) is 0 Å². The quantitative estimate of drug-likeness (QED) is 0.446. The Labute approximate surface area is 151 Å². The highest BCUT2D eigenvalue weighted by atomic mass is 79.9. The molecule has 1 aromatic rings. The predicted molar refractivity (Wildman–Crippen MR) is 101 cm³/mol. The van der Waals surface area contributed by atoms with Crippen LogP contribution in [0.1, 0.15) is 39.7 Å². The van der Waals surface area contributed by atoms with Crippen LogP contribution in [0.4, 0.5) is 13.2 Å². The van der Waals surface area contributed by atoms with Gasteiger partial charge in [-0.1, -0.05) is 54.1 Å². The van der Waals surface area contributed by atoms with Crippen molar-refractivity contribution in [3.05, 3.63) is 81.7 Å². The Balaban J connectivity index is 0.000000446. The van der Waals surface area contributed by atoms with E-state index in [-0.39, 0.29) is 5.83 Å². The van der Waals surface area contributed by atoms with Crippen LogP contribution in [-0.2, 0) is 6.42 Å². The molecule has 0 saturated carbocycles. The van der Waals surface area contributed by atoms with Gasteiger partial charge in [0.15, 0.2) is 0 Å². The van der Waals surface area contributed by atoms with Crippen molar-refractivity contribution in [2.45, 2.75) is 40.5 Å². The van der Waals surface area contributed by atoms with Crippen LogP contribution in [-0.4, -0.2) is 0 Å². The van der Waals surface area contributed by atoms with Gasteiger partial charge in [0.1, 0.15) is 17.5 Å². The minimum Gasteiger partial charge on any atom is -0.211 e. The zero-order valence-electron chi connectivity index (χ0n) is 14.6. The SMILES string of the molecule is C=C\C=C(C)/C(=C(\C)F)C(/Br)=C\C.CCCc1cc(F)cc(F)c1. The molecule has 0 aliphatic rings. The monoisotopic (exact) mass is 400 g/mol. The van der Waals surface area contributed by atoms with Gasteiger partial charge in [-0.2, -0.15) is 0 Å². The van der Waals surface area contributed by atoms with Crippen molar-refractivity contribution in [2.75, 3.05) is 0 Å². The Kier molecular flexibility index (Phi) is 11.1. The van der Waals surface area contributed by atoms with Crippen LogP contribution in [0, 0.1) is 11.6 Å². The van der Waals surface area contributed by atoms with Gasteiger partial charge < -0.3 is 0 Å². The van der Waals surface area contributed by atoms with E-state index in [0.29, 0.717) is 5.57 Å². The van der Waals surface area contributed by atoms with Crippen LogP contribution in [0.2, 0.25) is 0 Å². The molecule has 1 rings (SSSR count). The number of allylic oxidation sites excluding steroid dienone is 7. The lowest BCUT2D eigenvalue weighted by molar-refractivity contribution is 0.579. The molecule has 0 aliphatic heterocycles. The van der Waals surface area contributed by atoms with Gasteiger partial charge in [0, 0.05) is 16.1 Å². The first-order valence-corrected chi connectivity index (χ1v) is 8.49. The van der Waals surface area contributed by atoms with Gasteiger partial charge in [-0.3, -0.25) is 0 Å². The van der Waals surface area contributed by atoms with Crippen LogP contribution >= 0.6 is 15.9 Å². The number of hydrogen-bond donors (Lipinski definition) is 0. The summed E-state index contributed by atoms with van der Waals surface area (Å²) < 4.78 is 38.9. The number of halogens is 4. The van der Waals surface area contributed by atoms with E-state index in [1.165, 1.54) is 19.1 Å². The van der Waals surface area contributed by atoms with Crippen molar-refractivity contribution >= 4 is 15.9 Å². The summed E-state index contributed by atoms with van der Waals surface area (Å²) in [6.07, 6.45) is 6.88. The molecular weight excluding hydrogens is 377 g/mol. The van der Waals surface area contributed by atoms with Gasteiger partial charge in [-0.05, 0) is 50.5 Å². The highest BCUT2D eigenvalue weighted by molar-refractivity contribution is 9.12. The van der Waals surface area contributed by atoms with Crippen molar-refractivity contribution in [3.63, 3.8) is 0 Å². The van der Waals surface area contributed by atoms with E-state index in [0.717, 1.165) is 34.5 Å². The van der Waals surface area contributed by atoms with Crippen LogP contribution in [0.5, 0.6) is 0 Å². The zero-order valence-corrected chi connectivity index (χ0v) is 16.2. The van der Waals surface area contributed by atoms with Gasteiger partial charge >= 0.3 is 0 Å². The molecular formula is C20H24BrF3. The van der Waals surface area contributed by atoms with E-state index in [1.54, 1.807) is 12.2 Å². The van der Waals surface area contributed by atoms with E-state index < -0.39 is 11.6 Å². The molecule has 0 spiro atoms. The Hall–Kier alpha value is -1.55. The lowest BCUT2D eigenvalue weighted by Gasteiger charge is -2.06. The smallest absolute Gasteiger partial charge is 0.126 e. The fourth-order valence-corrected chi connectivity index (χ4v) is 2.66. The molecule has 0 heterocycles. The van der Waals surface area contributed by atoms with Crippen LogP contribution < -0.4 is 0 Å². The Bertz CT molecular complexity index is 616. The molecule has 0 unspecified atom stereocenters. The van der Waals surface area contributed by atoms with Crippen molar-refractivity contribution in [1.82, 2.24) is 0 Å². The summed E-state index contributed by atoms with van der Waals surface area (Å²) in [5.41, 5.74) is 2.19. The molecule has 4 heteroatoms. The largest absolute Gasteiger partial charge is 0.211 e. The maximum absolute atomic E-state index is 13.1. The summed E-state index contributed by atoms with van der Waals surface area (Å²) >= 11 is 3.30. The molecule has 0 N–H and O–H groups in total. The highest BCUT2D eigenvalue weighted by Crippen LogP contribution is 2.27. The second-order valence-corrected chi connectivity index (χ2v) is 6.01. The standard InChI is InChI=1S/C11H14BrF.C9H10F2/c1-5-7-8(3)11(9(4)13)10(12)6-2;1-2-3-7-4-8(10)6-9(11)5-7/h5-7H,1H2,2-4H3;4-6H,2-3H2,1H3/b8-7-,10-6+,11-9-;. The fourth-order valence-electron chi connectivity index (χ4n) is 2.07. The third-order valence-corrected chi connectivity index (χ3v) is 3.91. The zero-order chi connectivity index (χ0) is 18.7. The third kappa shape index (κ3) is 8.34. The summed E-state index contributed by atoms with van der Waals surface area (Å²) in [7, 11) is 0. The van der Waals surface area contributed by atoms with Gasteiger partial charge in [-0.25, -0.2) is 13.2 Å². The highest BCUT2D eigenvalue weighted by Gasteiger charge is 2.07. The van der Waals surface area contributed by atoms with Crippen molar-refractivity contribution in [1.29, 1.82) is 0 Å². The predicted octanol–water partition coefficient (Wildman–Crippen LogP) is 7.58. The summed E-state index contributed by atoms with van der Waals surface area (Å²) in [5.74, 6) is -1.18. The molecule has 0 fully saturated rings. The van der Waals surface area contributed by atoms with E-state index >= 15 is 0 Å². The first-order chi connectivity index (χ1) is 11.3. The van der Waals surface area contributed by atoms with Gasteiger partial charge in [0.25, 0.3) is 0 Å². The summed E-state index contributed by atoms with van der Waals surface area (Å²) in [4.78, 5) is 0. The first kappa shape index (κ1) is 22.4. The molecule has 0 atom stereocenters. The molecule has 24 heavy (non-hydrogen) atoms. The molecule has 0 bridgehead atoms. The first-order valence-electron chi connectivity index (χ1n) is 7.69. The minimum absolute atomic E-state index is 0.194. The average Bonchev–Trinajstić information content (AvgIpc) is 2.47. The van der Waals surface area contributed by atoms with Crippen molar-refractivity contribution in [3.8, 4) is 0 Å². The topological polar surface area (TPSA) is 0 Å². The van der Waals surface area contributed by atoms with Crippen LogP contribution in [0.15, 0.2) is 64.5 Å². The maximum atomic E-state index is 13.1. The van der Waals surface area contributed by atoms with Gasteiger partial charge in [0.2, 0.25) is 0 Å². The second kappa shape index (κ2) is 11.9. The molecule has 132 valence electrons. The molecule has 0 amide bonds. The average molecular weight is 401 g/mol. The number of benzene rings is 1. The van der Waals surface area contributed by atoms with Crippen LogP contribution in [0.3, 0.4) is 0 Å². The Morgan fingerprint density at radius 3 is 2.08 bits per heavy atom. The normalized spacial score (nSPS) is 13.0. The van der Waals surface area contributed by atoms with E-state index in [2.05, 4.69) is 22.5 Å². The lowest BCUT2D eigenvalue weighted by atomic mass is 10.1. The molecule has 0 saturated heterocycles. The molecule has 0 aromatic heterocycles. The maximum Gasteiger partial charge on any atom is 0.126 e. The van der Waals surface area contributed by atoms with Gasteiger partial charge in [0.05, 0.1) is 0 Å². The van der Waals surface area contributed by atoms with Crippen molar-refractivity contribution < 1.29 is 13.2 Å².